The number of anilines is 1. The summed E-state index contributed by atoms with van der Waals surface area (Å²) in [7, 11) is 0. The van der Waals surface area contributed by atoms with Crippen LogP contribution in [0.15, 0.2) is 33.2 Å². The van der Waals surface area contributed by atoms with Crippen LogP contribution < -0.4 is 10.1 Å². The van der Waals surface area contributed by atoms with Gasteiger partial charge in [-0.25, -0.2) is 4.98 Å². The first-order valence-corrected chi connectivity index (χ1v) is 9.74. The standard InChI is InChI=1S/C17H18N4O3S2/c1-10-5-4-6-13(12(10)3)23-7-15-20-21-17(24-15)26-9-14(22)19-16-18-11(2)8-25-16/h4-6,8H,7,9H2,1-3H3,(H,18,19,22). The van der Waals surface area contributed by atoms with E-state index in [1.807, 2.05) is 44.4 Å². The van der Waals surface area contributed by atoms with Gasteiger partial charge in [0, 0.05) is 5.38 Å². The first-order chi connectivity index (χ1) is 12.5. The van der Waals surface area contributed by atoms with Gasteiger partial charge >= 0.3 is 0 Å². The van der Waals surface area contributed by atoms with Gasteiger partial charge in [0.2, 0.25) is 5.91 Å². The fourth-order valence-electron chi connectivity index (χ4n) is 2.07. The lowest BCUT2D eigenvalue weighted by molar-refractivity contribution is -0.113. The molecule has 2 aromatic heterocycles. The Morgan fingerprint density at radius 1 is 1.31 bits per heavy atom. The SMILES string of the molecule is Cc1csc(NC(=O)CSc2nnc(COc3cccc(C)c3C)o2)n1. The third-order valence-corrected chi connectivity index (χ3v) is 5.24. The molecule has 0 atom stereocenters. The number of carbonyl (C=O) groups excluding carboxylic acids is 1. The molecule has 0 saturated carbocycles. The molecule has 0 radical (unpaired) electrons. The Morgan fingerprint density at radius 3 is 2.92 bits per heavy atom. The van der Waals surface area contributed by atoms with Crippen molar-refractivity contribution < 1.29 is 13.9 Å². The highest BCUT2D eigenvalue weighted by Crippen LogP contribution is 2.23. The molecule has 0 aliphatic carbocycles. The molecule has 7 nitrogen and oxygen atoms in total. The molecule has 0 bridgehead atoms. The third-order valence-electron chi connectivity index (χ3n) is 3.55. The van der Waals surface area contributed by atoms with E-state index < -0.39 is 0 Å². The normalized spacial score (nSPS) is 10.7. The molecular formula is C17H18N4O3S2. The van der Waals surface area contributed by atoms with Crippen molar-refractivity contribution in [3.63, 3.8) is 0 Å². The molecule has 26 heavy (non-hydrogen) atoms. The van der Waals surface area contributed by atoms with Crippen molar-refractivity contribution in [1.29, 1.82) is 0 Å². The molecule has 2 heterocycles. The molecule has 1 aromatic carbocycles. The van der Waals surface area contributed by atoms with E-state index in [2.05, 4.69) is 20.5 Å². The second kappa shape index (κ2) is 8.33. The number of amides is 1. The summed E-state index contributed by atoms with van der Waals surface area (Å²) in [6, 6.07) is 5.87. The minimum absolute atomic E-state index is 0.165. The minimum atomic E-state index is -0.171. The topological polar surface area (TPSA) is 90.1 Å². The summed E-state index contributed by atoms with van der Waals surface area (Å²) in [4.78, 5) is 16.1. The smallest absolute Gasteiger partial charge is 0.277 e. The maximum absolute atomic E-state index is 11.9. The van der Waals surface area contributed by atoms with Crippen molar-refractivity contribution in [2.75, 3.05) is 11.1 Å². The van der Waals surface area contributed by atoms with Crippen molar-refractivity contribution in [1.82, 2.24) is 15.2 Å². The van der Waals surface area contributed by atoms with Gasteiger partial charge in [-0.3, -0.25) is 4.79 Å². The van der Waals surface area contributed by atoms with Crippen LogP contribution in [0.5, 0.6) is 5.75 Å². The number of benzene rings is 1. The third kappa shape index (κ3) is 4.83. The molecule has 3 aromatic rings. The maximum atomic E-state index is 11.9. The number of rotatable bonds is 7. The van der Waals surface area contributed by atoms with Crippen LogP contribution in [0.3, 0.4) is 0 Å². The van der Waals surface area contributed by atoms with Gasteiger partial charge in [-0.05, 0) is 38.0 Å². The van der Waals surface area contributed by atoms with E-state index in [9.17, 15) is 4.79 Å². The minimum Gasteiger partial charge on any atom is -0.484 e. The van der Waals surface area contributed by atoms with Crippen LogP contribution in [0.4, 0.5) is 5.13 Å². The second-order valence-corrected chi connectivity index (χ2v) is 7.36. The van der Waals surface area contributed by atoms with Crippen LogP contribution >= 0.6 is 23.1 Å². The van der Waals surface area contributed by atoms with E-state index in [-0.39, 0.29) is 18.3 Å². The van der Waals surface area contributed by atoms with Crippen molar-refractivity contribution in [2.45, 2.75) is 32.6 Å². The summed E-state index contributed by atoms with van der Waals surface area (Å²) in [5, 5.41) is 13.4. The molecule has 136 valence electrons. The van der Waals surface area contributed by atoms with E-state index in [1.165, 1.54) is 23.1 Å². The highest BCUT2D eigenvalue weighted by atomic mass is 32.2. The number of aromatic nitrogens is 3. The predicted molar refractivity (Wildman–Crippen MR) is 101 cm³/mol. The van der Waals surface area contributed by atoms with Crippen LogP contribution in [0, 0.1) is 20.8 Å². The summed E-state index contributed by atoms with van der Waals surface area (Å²) in [5.41, 5.74) is 3.12. The van der Waals surface area contributed by atoms with Crippen LogP contribution in [0.25, 0.3) is 0 Å². The van der Waals surface area contributed by atoms with E-state index in [1.54, 1.807) is 0 Å². The molecule has 0 fully saturated rings. The van der Waals surface area contributed by atoms with Gasteiger partial charge in [0.1, 0.15) is 5.75 Å². The largest absolute Gasteiger partial charge is 0.484 e. The molecule has 0 unspecified atom stereocenters. The highest BCUT2D eigenvalue weighted by Gasteiger charge is 2.12. The number of carbonyl (C=O) groups is 1. The molecule has 3 rings (SSSR count). The van der Waals surface area contributed by atoms with E-state index in [0.717, 1.165) is 22.6 Å². The summed E-state index contributed by atoms with van der Waals surface area (Å²) in [6.45, 7) is 6.09. The maximum Gasteiger partial charge on any atom is 0.277 e. The summed E-state index contributed by atoms with van der Waals surface area (Å²) >= 11 is 2.56. The van der Waals surface area contributed by atoms with Crippen LogP contribution in [0.1, 0.15) is 22.7 Å². The Bertz CT molecular complexity index is 907. The number of thiazole rings is 1. The molecule has 1 amide bonds. The van der Waals surface area contributed by atoms with Crippen molar-refractivity contribution in [3.8, 4) is 5.75 Å². The zero-order valence-corrected chi connectivity index (χ0v) is 16.2. The predicted octanol–water partition coefficient (Wildman–Crippen LogP) is 3.76. The monoisotopic (exact) mass is 390 g/mol. The number of thioether (sulfide) groups is 1. The van der Waals surface area contributed by atoms with Crippen molar-refractivity contribution in [3.05, 3.63) is 46.3 Å². The first-order valence-electron chi connectivity index (χ1n) is 7.87. The fourth-order valence-corrected chi connectivity index (χ4v) is 3.35. The zero-order valence-electron chi connectivity index (χ0n) is 14.6. The fraction of sp³-hybridized carbons (Fsp3) is 0.294. The van der Waals surface area contributed by atoms with Gasteiger partial charge in [-0.1, -0.05) is 23.9 Å². The quantitative estimate of drug-likeness (QED) is 0.614. The van der Waals surface area contributed by atoms with Gasteiger partial charge in [0.25, 0.3) is 11.1 Å². The van der Waals surface area contributed by atoms with Gasteiger partial charge in [0.15, 0.2) is 11.7 Å². The van der Waals surface area contributed by atoms with Gasteiger partial charge in [-0.15, -0.1) is 21.5 Å². The van der Waals surface area contributed by atoms with Crippen LogP contribution in [-0.4, -0.2) is 26.8 Å². The van der Waals surface area contributed by atoms with Crippen LogP contribution in [0.2, 0.25) is 0 Å². The summed E-state index contributed by atoms with van der Waals surface area (Å²) in [5.74, 6) is 1.15. The molecule has 0 aliphatic heterocycles. The Balaban J connectivity index is 1.48. The summed E-state index contributed by atoms with van der Waals surface area (Å²) < 4.78 is 11.2. The lowest BCUT2D eigenvalue weighted by Gasteiger charge is -2.08. The first kappa shape index (κ1) is 18.4. The van der Waals surface area contributed by atoms with Gasteiger partial charge in [0.05, 0.1) is 11.4 Å². The molecule has 0 aliphatic rings. The van der Waals surface area contributed by atoms with Gasteiger partial charge in [-0.2, -0.15) is 0 Å². The number of nitrogens with zero attached hydrogens (tertiary/aromatic N) is 3. The Hall–Kier alpha value is -2.39. The average molecular weight is 390 g/mol. The molecular weight excluding hydrogens is 372 g/mol. The molecule has 0 saturated heterocycles. The van der Waals surface area contributed by atoms with E-state index >= 15 is 0 Å². The van der Waals surface area contributed by atoms with Crippen LogP contribution in [-0.2, 0) is 11.4 Å². The van der Waals surface area contributed by atoms with Crippen molar-refractivity contribution >= 4 is 34.1 Å². The second-order valence-electron chi connectivity index (χ2n) is 5.58. The Kier molecular flexibility index (Phi) is 5.89. The Labute approximate surface area is 159 Å². The molecule has 9 heteroatoms. The van der Waals surface area contributed by atoms with Gasteiger partial charge < -0.3 is 14.5 Å². The number of nitrogens with one attached hydrogen (secondary N) is 1. The number of aryl methyl sites for hydroxylation is 2. The number of ether oxygens (including phenoxy) is 1. The lowest BCUT2D eigenvalue weighted by atomic mass is 10.1. The average Bonchev–Trinajstić information content (AvgIpc) is 3.23. The lowest BCUT2D eigenvalue weighted by Crippen LogP contribution is -2.13. The highest BCUT2D eigenvalue weighted by molar-refractivity contribution is 7.99. The zero-order chi connectivity index (χ0) is 18.5. The van der Waals surface area contributed by atoms with Crippen molar-refractivity contribution in [2.24, 2.45) is 0 Å². The Morgan fingerprint density at radius 2 is 2.15 bits per heavy atom. The summed E-state index contributed by atoms with van der Waals surface area (Å²) in [6.07, 6.45) is 0. The number of hydrogen-bond acceptors (Lipinski definition) is 8. The number of hydrogen-bond donors (Lipinski definition) is 1. The van der Waals surface area contributed by atoms with E-state index in [0.29, 0.717) is 16.2 Å². The van der Waals surface area contributed by atoms with E-state index in [4.69, 9.17) is 9.15 Å². The molecule has 1 N–H and O–H groups in total. The molecule has 0 spiro atoms.